The second kappa shape index (κ2) is 7.69. The van der Waals surface area contributed by atoms with Gasteiger partial charge in [0, 0.05) is 29.2 Å². The summed E-state index contributed by atoms with van der Waals surface area (Å²) in [5.74, 6) is 0.675. The van der Waals surface area contributed by atoms with Crippen molar-refractivity contribution in [3.8, 4) is 5.75 Å². The summed E-state index contributed by atoms with van der Waals surface area (Å²) in [5.41, 5.74) is 1.30. The number of benzene rings is 2. The van der Waals surface area contributed by atoms with Gasteiger partial charge in [-0.3, -0.25) is 4.79 Å². The number of carbonyl (C=O) groups excluding carboxylic acids is 1. The van der Waals surface area contributed by atoms with Crippen LogP contribution >= 0.6 is 11.6 Å². The highest BCUT2D eigenvalue weighted by Crippen LogP contribution is 2.24. The maximum Gasteiger partial charge on any atom is 0.253 e. The number of likely N-dealkylation sites (tertiary alicyclic amines) is 1. The van der Waals surface area contributed by atoms with Crippen LogP contribution in [-0.2, 0) is 0 Å². The van der Waals surface area contributed by atoms with Crippen LogP contribution in [0.1, 0.15) is 34.9 Å². The molecule has 4 nitrogen and oxygen atoms in total. The maximum atomic E-state index is 12.3. The average molecular weight is 346 g/mol. The fourth-order valence-corrected chi connectivity index (χ4v) is 3.07. The van der Waals surface area contributed by atoms with Crippen LogP contribution in [0.4, 0.5) is 0 Å². The molecular weight excluding hydrogens is 326 g/mol. The van der Waals surface area contributed by atoms with Crippen molar-refractivity contribution in [2.75, 3.05) is 19.7 Å². The van der Waals surface area contributed by atoms with Crippen LogP contribution in [0, 0.1) is 0 Å². The van der Waals surface area contributed by atoms with E-state index in [0.717, 1.165) is 25.9 Å². The molecule has 1 N–H and O–H groups in total. The van der Waals surface area contributed by atoms with Gasteiger partial charge >= 0.3 is 0 Å². The molecule has 126 valence electrons. The largest absolute Gasteiger partial charge is 0.491 e. The van der Waals surface area contributed by atoms with E-state index in [1.165, 1.54) is 0 Å². The van der Waals surface area contributed by atoms with Crippen LogP contribution < -0.4 is 4.74 Å². The summed E-state index contributed by atoms with van der Waals surface area (Å²) >= 11 is 6.06. The van der Waals surface area contributed by atoms with Gasteiger partial charge in [-0.15, -0.1) is 0 Å². The van der Waals surface area contributed by atoms with Crippen LogP contribution in [0.2, 0.25) is 5.02 Å². The van der Waals surface area contributed by atoms with E-state index in [0.29, 0.717) is 21.9 Å². The molecule has 0 saturated carbocycles. The first-order chi connectivity index (χ1) is 11.6. The van der Waals surface area contributed by atoms with Crippen molar-refractivity contribution in [3.63, 3.8) is 0 Å². The van der Waals surface area contributed by atoms with E-state index < -0.39 is 6.10 Å². The Labute approximate surface area is 146 Å². The van der Waals surface area contributed by atoms with Crippen molar-refractivity contribution in [1.82, 2.24) is 4.90 Å². The van der Waals surface area contributed by atoms with Gasteiger partial charge in [-0.1, -0.05) is 29.8 Å². The summed E-state index contributed by atoms with van der Waals surface area (Å²) in [6, 6.07) is 14.2. The Hall–Kier alpha value is -2.04. The van der Waals surface area contributed by atoms with E-state index in [9.17, 15) is 9.90 Å². The molecule has 1 unspecified atom stereocenters. The predicted octanol–water partition coefficient (Wildman–Crippen LogP) is 3.69. The highest BCUT2D eigenvalue weighted by Gasteiger charge is 2.19. The van der Waals surface area contributed by atoms with Crippen LogP contribution in [0.25, 0.3) is 0 Å². The van der Waals surface area contributed by atoms with E-state index in [-0.39, 0.29) is 12.5 Å². The molecule has 2 aromatic carbocycles. The number of aliphatic hydroxyl groups is 1. The van der Waals surface area contributed by atoms with Crippen molar-refractivity contribution in [3.05, 3.63) is 64.7 Å². The lowest BCUT2D eigenvalue weighted by Gasteiger charge is -2.16. The molecule has 3 rings (SSSR count). The third-order valence-electron chi connectivity index (χ3n) is 4.17. The SMILES string of the molecule is O=C(c1ccc(OCC(O)c2ccccc2Cl)cc1)N1CCCC1. The fourth-order valence-electron chi connectivity index (χ4n) is 2.81. The van der Waals surface area contributed by atoms with Gasteiger partial charge in [-0.2, -0.15) is 0 Å². The van der Waals surface area contributed by atoms with Crippen LogP contribution in [-0.4, -0.2) is 35.6 Å². The fraction of sp³-hybridized carbons (Fsp3) is 0.316. The van der Waals surface area contributed by atoms with Crippen LogP contribution in [0.5, 0.6) is 5.75 Å². The number of amides is 1. The van der Waals surface area contributed by atoms with E-state index in [1.54, 1.807) is 36.4 Å². The summed E-state index contributed by atoms with van der Waals surface area (Å²) in [6.07, 6.45) is 1.35. The molecule has 5 heteroatoms. The second-order valence-electron chi connectivity index (χ2n) is 5.87. The Bertz CT molecular complexity index is 696. The van der Waals surface area contributed by atoms with Gasteiger partial charge in [-0.05, 0) is 43.2 Å². The minimum absolute atomic E-state index is 0.0650. The zero-order valence-corrected chi connectivity index (χ0v) is 14.1. The Morgan fingerprint density at radius 1 is 1.12 bits per heavy atom. The minimum Gasteiger partial charge on any atom is -0.491 e. The third-order valence-corrected chi connectivity index (χ3v) is 4.51. The predicted molar refractivity (Wildman–Crippen MR) is 93.5 cm³/mol. The lowest BCUT2D eigenvalue weighted by molar-refractivity contribution is 0.0792. The number of ether oxygens (including phenoxy) is 1. The average Bonchev–Trinajstić information content (AvgIpc) is 3.14. The molecule has 0 aliphatic carbocycles. The van der Waals surface area contributed by atoms with Gasteiger partial charge in [0.1, 0.15) is 18.5 Å². The molecule has 0 bridgehead atoms. The van der Waals surface area contributed by atoms with E-state index in [2.05, 4.69) is 0 Å². The molecule has 24 heavy (non-hydrogen) atoms. The van der Waals surface area contributed by atoms with E-state index in [4.69, 9.17) is 16.3 Å². The smallest absolute Gasteiger partial charge is 0.253 e. The molecule has 0 spiro atoms. The van der Waals surface area contributed by atoms with Gasteiger partial charge < -0.3 is 14.7 Å². The summed E-state index contributed by atoms with van der Waals surface area (Å²) in [5, 5.41) is 10.7. The van der Waals surface area contributed by atoms with Crippen molar-refractivity contribution in [1.29, 1.82) is 0 Å². The van der Waals surface area contributed by atoms with Gasteiger partial charge in [0.2, 0.25) is 0 Å². The van der Waals surface area contributed by atoms with Crippen LogP contribution in [0.15, 0.2) is 48.5 Å². The molecule has 1 atom stereocenters. The second-order valence-corrected chi connectivity index (χ2v) is 6.28. The third kappa shape index (κ3) is 3.89. The Morgan fingerprint density at radius 2 is 1.79 bits per heavy atom. The molecule has 1 fully saturated rings. The number of aliphatic hydroxyl groups excluding tert-OH is 1. The summed E-state index contributed by atoms with van der Waals surface area (Å²) < 4.78 is 5.60. The number of hydrogen-bond acceptors (Lipinski definition) is 3. The molecule has 1 saturated heterocycles. The maximum absolute atomic E-state index is 12.3. The minimum atomic E-state index is -0.801. The zero-order valence-electron chi connectivity index (χ0n) is 13.3. The Balaban J connectivity index is 1.58. The van der Waals surface area contributed by atoms with Gasteiger partial charge in [0.05, 0.1) is 0 Å². The molecule has 1 amide bonds. The Morgan fingerprint density at radius 3 is 2.46 bits per heavy atom. The number of nitrogens with zero attached hydrogens (tertiary/aromatic N) is 1. The monoisotopic (exact) mass is 345 g/mol. The summed E-state index contributed by atoms with van der Waals surface area (Å²) in [7, 11) is 0. The highest BCUT2D eigenvalue weighted by atomic mass is 35.5. The zero-order chi connectivity index (χ0) is 16.9. The van der Waals surface area contributed by atoms with Gasteiger partial charge in [0.25, 0.3) is 5.91 Å². The molecule has 1 heterocycles. The standard InChI is InChI=1S/C19H20ClNO3/c20-17-6-2-1-5-16(17)18(22)13-24-15-9-7-14(8-10-15)19(23)21-11-3-4-12-21/h1-2,5-10,18,22H,3-4,11-13H2. The topological polar surface area (TPSA) is 49.8 Å². The molecule has 1 aliphatic heterocycles. The normalized spacial score (nSPS) is 15.3. The highest BCUT2D eigenvalue weighted by molar-refractivity contribution is 6.31. The van der Waals surface area contributed by atoms with Crippen molar-refractivity contribution >= 4 is 17.5 Å². The van der Waals surface area contributed by atoms with Crippen LogP contribution in [0.3, 0.4) is 0 Å². The summed E-state index contributed by atoms with van der Waals surface area (Å²) in [6.45, 7) is 1.77. The lowest BCUT2D eigenvalue weighted by Crippen LogP contribution is -2.27. The molecular formula is C19H20ClNO3. The summed E-state index contributed by atoms with van der Waals surface area (Å²) in [4.78, 5) is 14.1. The van der Waals surface area contributed by atoms with Gasteiger partial charge in [-0.25, -0.2) is 0 Å². The first-order valence-corrected chi connectivity index (χ1v) is 8.47. The molecule has 0 radical (unpaired) electrons. The molecule has 0 aromatic heterocycles. The number of halogens is 1. The van der Waals surface area contributed by atoms with E-state index in [1.807, 2.05) is 17.0 Å². The number of hydrogen-bond donors (Lipinski definition) is 1. The number of carbonyl (C=O) groups is 1. The molecule has 1 aliphatic rings. The quantitative estimate of drug-likeness (QED) is 0.899. The van der Waals surface area contributed by atoms with Crippen molar-refractivity contribution in [2.24, 2.45) is 0 Å². The Kier molecular flexibility index (Phi) is 5.38. The van der Waals surface area contributed by atoms with E-state index >= 15 is 0 Å². The number of rotatable bonds is 5. The van der Waals surface area contributed by atoms with Gasteiger partial charge in [0.15, 0.2) is 0 Å². The first kappa shape index (κ1) is 16.8. The first-order valence-electron chi connectivity index (χ1n) is 8.10. The lowest BCUT2D eigenvalue weighted by atomic mass is 10.1. The molecule has 2 aromatic rings. The van der Waals surface area contributed by atoms with Crippen molar-refractivity contribution < 1.29 is 14.6 Å². The van der Waals surface area contributed by atoms with Crippen molar-refractivity contribution in [2.45, 2.75) is 18.9 Å².